The molecule has 2 fully saturated rings. The van der Waals surface area contributed by atoms with Crippen molar-refractivity contribution in [3.63, 3.8) is 0 Å². The van der Waals surface area contributed by atoms with Gasteiger partial charge < -0.3 is 5.11 Å². The molecule has 104 valence electrons. The maximum Gasteiger partial charge on any atom is 0.408 e. The lowest BCUT2D eigenvalue weighted by atomic mass is 9.70. The zero-order chi connectivity index (χ0) is 13.7. The third kappa shape index (κ3) is 1.58. The number of carboxylic acid groups (broad SMARTS) is 1. The summed E-state index contributed by atoms with van der Waals surface area (Å²) in [6, 6.07) is 0. The highest BCUT2D eigenvalue weighted by atomic mass is 16.4. The van der Waals surface area contributed by atoms with Crippen molar-refractivity contribution in [2.45, 2.75) is 45.7 Å². The monoisotopic (exact) mass is 254 g/mol. The van der Waals surface area contributed by atoms with E-state index in [1.54, 1.807) is 4.90 Å². The van der Waals surface area contributed by atoms with Crippen LogP contribution in [0.1, 0.15) is 40.0 Å². The maximum absolute atomic E-state index is 11.7. The first-order valence-electron chi connectivity index (χ1n) is 6.91. The first-order valence-corrected chi connectivity index (χ1v) is 6.91. The number of rotatable bonds is 1. The molecule has 1 saturated carbocycles. The lowest BCUT2D eigenvalue weighted by Crippen LogP contribution is -2.66. The number of amides is 1. The highest BCUT2D eigenvalue weighted by molar-refractivity contribution is 5.67. The third-order valence-electron chi connectivity index (χ3n) is 5.02. The van der Waals surface area contributed by atoms with Gasteiger partial charge in [-0.05, 0) is 38.3 Å². The first-order chi connectivity index (χ1) is 8.23. The van der Waals surface area contributed by atoms with Crippen LogP contribution in [-0.2, 0) is 0 Å². The topological polar surface area (TPSA) is 43.8 Å². The predicted molar refractivity (Wildman–Crippen MR) is 71.4 cm³/mol. The Morgan fingerprint density at radius 2 is 1.94 bits per heavy atom. The van der Waals surface area contributed by atoms with E-state index in [4.69, 9.17) is 0 Å². The minimum atomic E-state index is -0.770. The average molecular weight is 254 g/mol. The number of fused-ring (bicyclic) bond motifs is 1. The van der Waals surface area contributed by atoms with Gasteiger partial charge in [-0.15, -0.1) is 0 Å². The second kappa shape index (κ2) is 4.12. The van der Waals surface area contributed by atoms with E-state index in [0.29, 0.717) is 18.4 Å². The van der Waals surface area contributed by atoms with Crippen LogP contribution in [-0.4, -0.2) is 47.3 Å². The summed E-state index contributed by atoms with van der Waals surface area (Å²) in [6.07, 6.45) is 2.81. The van der Waals surface area contributed by atoms with Crippen LogP contribution in [0.5, 0.6) is 0 Å². The fourth-order valence-corrected chi connectivity index (χ4v) is 4.79. The van der Waals surface area contributed by atoms with E-state index < -0.39 is 6.09 Å². The molecule has 1 saturated heterocycles. The third-order valence-corrected chi connectivity index (χ3v) is 5.02. The Labute approximate surface area is 110 Å². The second-order valence-electron chi connectivity index (χ2n) is 7.06. The molecule has 0 radical (unpaired) electrons. The molecule has 1 aliphatic heterocycles. The van der Waals surface area contributed by atoms with Crippen molar-refractivity contribution in [1.82, 2.24) is 9.80 Å². The summed E-state index contributed by atoms with van der Waals surface area (Å²) in [5.74, 6) is 1.02. The molecule has 1 unspecified atom stereocenters. The molecule has 18 heavy (non-hydrogen) atoms. The number of hydrogen-bond donors (Lipinski definition) is 1. The van der Waals surface area contributed by atoms with Gasteiger partial charge in [0.1, 0.15) is 5.66 Å². The average Bonchev–Trinajstić information content (AvgIpc) is 2.70. The van der Waals surface area contributed by atoms with Crippen LogP contribution in [0.2, 0.25) is 0 Å². The van der Waals surface area contributed by atoms with Crippen LogP contribution >= 0.6 is 0 Å². The predicted octanol–water partition coefficient (Wildman–Crippen LogP) is 2.70. The summed E-state index contributed by atoms with van der Waals surface area (Å²) in [5, 5.41) is 9.62. The van der Waals surface area contributed by atoms with E-state index >= 15 is 0 Å². The van der Waals surface area contributed by atoms with Gasteiger partial charge in [-0.25, -0.2) is 4.79 Å². The summed E-state index contributed by atoms with van der Waals surface area (Å²) < 4.78 is 0. The van der Waals surface area contributed by atoms with E-state index in [9.17, 15) is 9.90 Å². The largest absolute Gasteiger partial charge is 0.465 e. The van der Waals surface area contributed by atoms with Crippen molar-refractivity contribution < 1.29 is 9.90 Å². The molecule has 0 aromatic carbocycles. The number of likely N-dealkylation sites (tertiary alicyclic amines) is 1. The van der Waals surface area contributed by atoms with Crippen LogP contribution in [0.3, 0.4) is 0 Å². The van der Waals surface area contributed by atoms with Crippen LogP contribution in [0, 0.1) is 17.3 Å². The normalized spacial score (nSPS) is 36.2. The summed E-state index contributed by atoms with van der Waals surface area (Å²) in [6.45, 7) is 7.21. The van der Waals surface area contributed by atoms with E-state index in [-0.39, 0.29) is 11.1 Å². The minimum absolute atomic E-state index is 0.0847. The summed E-state index contributed by atoms with van der Waals surface area (Å²) >= 11 is 0. The van der Waals surface area contributed by atoms with Crippen LogP contribution < -0.4 is 0 Å². The molecule has 0 spiro atoms. The zero-order valence-corrected chi connectivity index (χ0v) is 12.2. The molecule has 2 rings (SSSR count). The van der Waals surface area contributed by atoms with E-state index in [1.165, 1.54) is 12.8 Å². The fourth-order valence-electron chi connectivity index (χ4n) is 4.79. The summed E-state index contributed by atoms with van der Waals surface area (Å²) in [5.41, 5.74) is -0.446. The number of carbonyl (C=O) groups is 1. The molecule has 2 aliphatic rings. The minimum Gasteiger partial charge on any atom is -0.465 e. The molecule has 1 N–H and O–H groups in total. The van der Waals surface area contributed by atoms with Gasteiger partial charge in [0.25, 0.3) is 0 Å². The Kier molecular flexibility index (Phi) is 3.13. The number of hydrogen-bond acceptors (Lipinski definition) is 2. The molecular formula is C14H26N2O2. The van der Waals surface area contributed by atoms with Gasteiger partial charge in [0, 0.05) is 12.5 Å². The lowest BCUT2D eigenvalue weighted by Gasteiger charge is -2.54. The van der Waals surface area contributed by atoms with Crippen molar-refractivity contribution in [3.05, 3.63) is 0 Å². The molecule has 1 aliphatic carbocycles. The Bertz CT molecular complexity index is 348. The van der Waals surface area contributed by atoms with Crippen molar-refractivity contribution in [1.29, 1.82) is 0 Å². The maximum atomic E-state index is 11.7. The molecule has 1 amide bonds. The highest BCUT2D eigenvalue weighted by Crippen LogP contribution is 2.56. The molecule has 0 bridgehead atoms. The van der Waals surface area contributed by atoms with Crippen LogP contribution in [0.4, 0.5) is 4.79 Å². The van der Waals surface area contributed by atoms with Gasteiger partial charge in [0.15, 0.2) is 0 Å². The smallest absolute Gasteiger partial charge is 0.408 e. The van der Waals surface area contributed by atoms with E-state index in [1.807, 2.05) is 14.1 Å². The molecular weight excluding hydrogens is 228 g/mol. The second-order valence-corrected chi connectivity index (χ2v) is 7.06. The van der Waals surface area contributed by atoms with Gasteiger partial charge in [0.2, 0.25) is 0 Å². The van der Waals surface area contributed by atoms with Gasteiger partial charge in [-0.1, -0.05) is 27.2 Å². The Morgan fingerprint density at radius 1 is 1.33 bits per heavy atom. The number of nitrogens with zero attached hydrogens (tertiary/aromatic N) is 2. The fraction of sp³-hybridized carbons (Fsp3) is 0.929. The van der Waals surface area contributed by atoms with E-state index in [2.05, 4.69) is 25.7 Å². The molecule has 0 aromatic heterocycles. The molecule has 0 aromatic rings. The molecule has 1 heterocycles. The van der Waals surface area contributed by atoms with Gasteiger partial charge in [0.05, 0.1) is 0 Å². The van der Waals surface area contributed by atoms with Crippen molar-refractivity contribution >= 4 is 6.09 Å². The zero-order valence-electron chi connectivity index (χ0n) is 12.2. The van der Waals surface area contributed by atoms with Crippen molar-refractivity contribution in [3.8, 4) is 0 Å². The van der Waals surface area contributed by atoms with Crippen molar-refractivity contribution in [2.24, 2.45) is 17.3 Å². The van der Waals surface area contributed by atoms with E-state index in [0.717, 1.165) is 6.42 Å². The Hall–Kier alpha value is -0.770. The summed E-state index contributed by atoms with van der Waals surface area (Å²) in [4.78, 5) is 15.6. The molecule has 3 atom stereocenters. The van der Waals surface area contributed by atoms with Gasteiger partial charge in [-0.2, -0.15) is 0 Å². The van der Waals surface area contributed by atoms with Gasteiger partial charge >= 0.3 is 6.09 Å². The first kappa shape index (κ1) is 13.7. The molecule has 4 nitrogen and oxygen atoms in total. The highest BCUT2D eigenvalue weighted by Gasteiger charge is 2.63. The summed E-state index contributed by atoms with van der Waals surface area (Å²) in [7, 11) is 4.06. The quantitative estimate of drug-likeness (QED) is 0.782. The van der Waals surface area contributed by atoms with Crippen LogP contribution in [0.15, 0.2) is 0 Å². The SMILES string of the molecule is CN(C)C1(C(C)(C)C)[C@H]2CCC[C@H]2CN1C(=O)O. The Balaban J connectivity index is 2.54. The molecule has 4 heteroatoms. The van der Waals surface area contributed by atoms with Gasteiger partial charge in [-0.3, -0.25) is 9.80 Å². The van der Waals surface area contributed by atoms with Crippen LogP contribution in [0.25, 0.3) is 0 Å². The Morgan fingerprint density at radius 3 is 2.39 bits per heavy atom. The lowest BCUT2D eigenvalue weighted by molar-refractivity contribution is -0.0996. The van der Waals surface area contributed by atoms with Crippen molar-refractivity contribution in [2.75, 3.05) is 20.6 Å². The standard InChI is InChI=1S/C14H26N2O2/c1-13(2,3)14(15(4)5)11-8-6-7-10(11)9-16(14)12(17)18/h10-11H,6-9H2,1-5H3,(H,17,18)/t10-,11-,14?/m0/s1.